The number of rotatable bonds is 4. The fourth-order valence-electron chi connectivity index (χ4n) is 2.03. The first kappa shape index (κ1) is 17.2. The number of carbonyl (C=O) groups excluding carboxylic acids is 1. The van der Waals surface area contributed by atoms with E-state index in [1.165, 1.54) is 6.07 Å². The molecule has 2 atom stereocenters. The molecule has 5 nitrogen and oxygen atoms in total. The first-order chi connectivity index (χ1) is 10.2. The molecule has 1 aromatic rings. The Labute approximate surface area is 139 Å². The van der Waals surface area contributed by atoms with E-state index in [0.29, 0.717) is 17.1 Å². The molecule has 1 fully saturated rings. The maximum absolute atomic E-state index is 11.6. The van der Waals surface area contributed by atoms with Gasteiger partial charge in [0.05, 0.1) is 5.02 Å². The van der Waals surface area contributed by atoms with Crippen LogP contribution in [0.15, 0.2) is 12.1 Å². The molecule has 0 aromatic heterocycles. The molecular formula is C15H20Cl2N2O3. The second kappa shape index (κ2) is 6.52. The van der Waals surface area contributed by atoms with Gasteiger partial charge in [-0.05, 0) is 39.3 Å². The summed E-state index contributed by atoms with van der Waals surface area (Å²) in [6, 6.07) is 3.33. The van der Waals surface area contributed by atoms with Crippen molar-refractivity contribution in [2.45, 2.75) is 51.4 Å². The fraction of sp³-hybridized carbons (Fsp3) is 0.533. The maximum atomic E-state index is 11.6. The summed E-state index contributed by atoms with van der Waals surface area (Å²) in [7, 11) is 0. The number of alkyl carbamates (subject to hydrolysis) is 1. The van der Waals surface area contributed by atoms with Crippen LogP contribution < -0.4 is 10.6 Å². The molecule has 22 heavy (non-hydrogen) atoms. The quantitative estimate of drug-likeness (QED) is 0.780. The third kappa shape index (κ3) is 4.93. The van der Waals surface area contributed by atoms with Crippen LogP contribution in [0.25, 0.3) is 0 Å². The molecule has 122 valence electrons. The topological polar surface area (TPSA) is 70.6 Å². The van der Waals surface area contributed by atoms with Crippen LogP contribution in [0, 0.1) is 0 Å². The third-order valence-electron chi connectivity index (χ3n) is 3.15. The maximum Gasteiger partial charge on any atom is 0.407 e. The Balaban J connectivity index is 1.80. The number of ether oxygens (including phenoxy) is 1. The van der Waals surface area contributed by atoms with E-state index in [1.807, 2.05) is 20.8 Å². The number of hydrogen-bond acceptors (Lipinski definition) is 4. The zero-order valence-corrected chi connectivity index (χ0v) is 14.3. The summed E-state index contributed by atoms with van der Waals surface area (Å²) in [6.07, 6.45) is 0.393. The second-order valence-electron chi connectivity index (χ2n) is 6.37. The number of nitrogens with one attached hydrogen (secondary N) is 2. The van der Waals surface area contributed by atoms with Gasteiger partial charge < -0.3 is 20.5 Å². The molecule has 0 saturated heterocycles. The molecule has 1 aliphatic carbocycles. The first-order valence-corrected chi connectivity index (χ1v) is 7.81. The number of phenols is 1. The molecule has 7 heteroatoms. The number of phenolic OH excluding ortho intramolecular Hbond substituents is 1. The van der Waals surface area contributed by atoms with Gasteiger partial charge in [-0.2, -0.15) is 0 Å². The van der Waals surface area contributed by atoms with Gasteiger partial charge in [0.2, 0.25) is 0 Å². The van der Waals surface area contributed by atoms with E-state index in [1.54, 1.807) is 6.07 Å². The van der Waals surface area contributed by atoms with E-state index >= 15 is 0 Å². The van der Waals surface area contributed by atoms with Crippen molar-refractivity contribution < 1.29 is 14.6 Å². The van der Waals surface area contributed by atoms with Gasteiger partial charge in [-0.25, -0.2) is 4.79 Å². The van der Waals surface area contributed by atoms with Gasteiger partial charge in [0, 0.05) is 29.2 Å². The summed E-state index contributed by atoms with van der Waals surface area (Å²) in [4.78, 5) is 11.6. The third-order valence-corrected chi connectivity index (χ3v) is 3.66. The minimum absolute atomic E-state index is 0.0240. The highest BCUT2D eigenvalue weighted by Crippen LogP contribution is 2.32. The lowest BCUT2D eigenvalue weighted by molar-refractivity contribution is 0.0522. The van der Waals surface area contributed by atoms with Gasteiger partial charge in [-0.15, -0.1) is 0 Å². The largest absolute Gasteiger partial charge is 0.506 e. The summed E-state index contributed by atoms with van der Waals surface area (Å²) in [6.45, 7) is 5.88. The minimum atomic E-state index is -0.509. The number of benzene rings is 1. The lowest BCUT2D eigenvalue weighted by Gasteiger charge is -2.19. The molecule has 1 aliphatic rings. The van der Waals surface area contributed by atoms with Gasteiger partial charge in [-0.3, -0.25) is 0 Å². The Morgan fingerprint density at radius 2 is 2.05 bits per heavy atom. The fourth-order valence-corrected chi connectivity index (χ4v) is 2.57. The highest BCUT2D eigenvalue weighted by Gasteiger charge is 2.39. The minimum Gasteiger partial charge on any atom is -0.506 e. The van der Waals surface area contributed by atoms with Crippen LogP contribution in [0.3, 0.4) is 0 Å². The van der Waals surface area contributed by atoms with Crippen LogP contribution in [0.5, 0.6) is 5.75 Å². The first-order valence-electron chi connectivity index (χ1n) is 7.05. The van der Waals surface area contributed by atoms with E-state index in [4.69, 9.17) is 27.9 Å². The standard InChI is InChI=1S/C15H20Cl2N2O3/c1-15(2,3)22-14(21)19-12-6-11(12)18-7-8-4-9(16)5-10(17)13(8)20/h4-5,11-12,18,20H,6-7H2,1-3H3,(H,19,21). The highest BCUT2D eigenvalue weighted by atomic mass is 35.5. The van der Waals surface area contributed by atoms with E-state index in [0.717, 1.165) is 6.42 Å². The molecule has 0 spiro atoms. The lowest BCUT2D eigenvalue weighted by Crippen LogP contribution is -2.36. The predicted molar refractivity (Wildman–Crippen MR) is 86.5 cm³/mol. The SMILES string of the molecule is CC(C)(C)OC(=O)NC1CC1NCc1cc(Cl)cc(Cl)c1O. The molecule has 1 saturated carbocycles. The van der Waals surface area contributed by atoms with Gasteiger partial charge in [0.25, 0.3) is 0 Å². The van der Waals surface area contributed by atoms with Crippen LogP contribution in [-0.4, -0.2) is 28.9 Å². The number of hydrogen-bond donors (Lipinski definition) is 3. The Hall–Kier alpha value is -1.17. The number of carbonyl (C=O) groups is 1. The molecule has 0 bridgehead atoms. The predicted octanol–water partition coefficient (Wildman–Crippen LogP) is 3.45. The summed E-state index contributed by atoms with van der Waals surface area (Å²) >= 11 is 11.8. The van der Waals surface area contributed by atoms with Crippen molar-refractivity contribution in [1.29, 1.82) is 0 Å². The lowest BCUT2D eigenvalue weighted by atomic mass is 10.2. The number of aromatic hydroxyl groups is 1. The molecule has 2 unspecified atom stereocenters. The van der Waals surface area contributed by atoms with Crippen LogP contribution in [0.2, 0.25) is 10.0 Å². The zero-order valence-electron chi connectivity index (χ0n) is 12.7. The molecule has 0 radical (unpaired) electrons. The van der Waals surface area contributed by atoms with Crippen LogP contribution in [0.4, 0.5) is 4.79 Å². The zero-order chi connectivity index (χ0) is 16.5. The summed E-state index contributed by atoms with van der Waals surface area (Å²) < 4.78 is 5.20. The smallest absolute Gasteiger partial charge is 0.407 e. The van der Waals surface area contributed by atoms with Crippen LogP contribution in [-0.2, 0) is 11.3 Å². The Morgan fingerprint density at radius 3 is 2.68 bits per heavy atom. The van der Waals surface area contributed by atoms with Crippen LogP contribution in [0.1, 0.15) is 32.8 Å². The van der Waals surface area contributed by atoms with Crippen molar-refractivity contribution in [3.05, 3.63) is 27.7 Å². The molecule has 1 aromatic carbocycles. The molecular weight excluding hydrogens is 327 g/mol. The number of amides is 1. The highest BCUT2D eigenvalue weighted by molar-refractivity contribution is 6.35. The molecule has 0 aliphatic heterocycles. The van der Waals surface area contributed by atoms with Crippen molar-refractivity contribution >= 4 is 29.3 Å². The summed E-state index contributed by atoms with van der Waals surface area (Å²) in [5.74, 6) is 0.0240. The van der Waals surface area contributed by atoms with Gasteiger partial charge in [-0.1, -0.05) is 23.2 Å². The molecule has 3 N–H and O–H groups in total. The monoisotopic (exact) mass is 346 g/mol. The van der Waals surface area contributed by atoms with E-state index in [2.05, 4.69) is 10.6 Å². The van der Waals surface area contributed by atoms with E-state index < -0.39 is 11.7 Å². The Morgan fingerprint density at radius 1 is 1.36 bits per heavy atom. The Bertz CT molecular complexity index is 573. The summed E-state index contributed by atoms with van der Waals surface area (Å²) in [5.41, 5.74) is 0.117. The van der Waals surface area contributed by atoms with Crippen molar-refractivity contribution in [1.82, 2.24) is 10.6 Å². The average Bonchev–Trinajstić information content (AvgIpc) is 3.07. The Kier molecular flexibility index (Phi) is 5.10. The van der Waals surface area contributed by atoms with Gasteiger partial charge >= 0.3 is 6.09 Å². The van der Waals surface area contributed by atoms with Gasteiger partial charge in [0.15, 0.2) is 0 Å². The van der Waals surface area contributed by atoms with Crippen molar-refractivity contribution in [3.63, 3.8) is 0 Å². The molecule has 2 rings (SSSR count). The van der Waals surface area contributed by atoms with Gasteiger partial charge in [0.1, 0.15) is 11.4 Å². The average molecular weight is 347 g/mol. The molecule has 0 heterocycles. The van der Waals surface area contributed by atoms with E-state index in [9.17, 15) is 9.90 Å². The number of halogens is 2. The van der Waals surface area contributed by atoms with Crippen molar-refractivity contribution in [3.8, 4) is 5.75 Å². The van der Waals surface area contributed by atoms with Crippen LogP contribution >= 0.6 is 23.2 Å². The summed E-state index contributed by atoms with van der Waals surface area (Å²) in [5, 5.41) is 16.6. The van der Waals surface area contributed by atoms with E-state index in [-0.39, 0.29) is 22.9 Å². The van der Waals surface area contributed by atoms with Crippen molar-refractivity contribution in [2.75, 3.05) is 0 Å². The van der Waals surface area contributed by atoms with Crippen molar-refractivity contribution in [2.24, 2.45) is 0 Å². The molecule has 1 amide bonds. The normalized spacial score (nSPS) is 20.6. The second-order valence-corrected chi connectivity index (χ2v) is 7.21.